The SMILES string of the molecule is O=C(O)C(Cc1ccccc1)NC(=O)C1CCCCS1. The monoisotopic (exact) mass is 293 g/mol. The third-order valence-electron chi connectivity index (χ3n) is 3.37. The second kappa shape index (κ2) is 7.33. The van der Waals surface area contributed by atoms with Gasteiger partial charge in [-0.3, -0.25) is 4.79 Å². The highest BCUT2D eigenvalue weighted by Gasteiger charge is 2.26. The molecule has 1 fully saturated rings. The Hall–Kier alpha value is -1.49. The number of aliphatic carboxylic acids is 1. The van der Waals surface area contributed by atoms with E-state index in [1.54, 1.807) is 11.8 Å². The Morgan fingerprint density at radius 2 is 2.05 bits per heavy atom. The van der Waals surface area contributed by atoms with Crippen LogP contribution in [0, 0.1) is 0 Å². The van der Waals surface area contributed by atoms with Crippen LogP contribution >= 0.6 is 11.8 Å². The minimum absolute atomic E-state index is 0.0960. The fourth-order valence-electron chi connectivity index (χ4n) is 2.26. The molecule has 2 atom stereocenters. The maximum Gasteiger partial charge on any atom is 0.326 e. The van der Waals surface area contributed by atoms with Crippen LogP contribution in [-0.4, -0.2) is 34.0 Å². The lowest BCUT2D eigenvalue weighted by Gasteiger charge is -2.23. The van der Waals surface area contributed by atoms with Gasteiger partial charge in [0.05, 0.1) is 5.25 Å². The largest absolute Gasteiger partial charge is 0.480 e. The van der Waals surface area contributed by atoms with E-state index in [2.05, 4.69) is 5.32 Å². The van der Waals surface area contributed by atoms with Crippen molar-refractivity contribution in [2.75, 3.05) is 5.75 Å². The summed E-state index contributed by atoms with van der Waals surface area (Å²) in [5, 5.41) is 11.8. The van der Waals surface area contributed by atoms with Crippen molar-refractivity contribution in [3.8, 4) is 0 Å². The number of carbonyl (C=O) groups is 2. The van der Waals surface area contributed by atoms with Gasteiger partial charge in [-0.05, 0) is 24.2 Å². The first-order valence-electron chi connectivity index (χ1n) is 6.85. The summed E-state index contributed by atoms with van der Waals surface area (Å²) in [6.45, 7) is 0. The molecule has 0 saturated carbocycles. The molecular formula is C15H19NO3S. The highest BCUT2D eigenvalue weighted by atomic mass is 32.2. The Kier molecular flexibility index (Phi) is 5.47. The van der Waals surface area contributed by atoms with Gasteiger partial charge < -0.3 is 10.4 Å². The zero-order valence-corrected chi connectivity index (χ0v) is 12.1. The molecule has 1 heterocycles. The van der Waals surface area contributed by atoms with Crippen molar-refractivity contribution in [1.29, 1.82) is 0 Å². The van der Waals surface area contributed by atoms with E-state index in [-0.39, 0.29) is 11.2 Å². The average Bonchev–Trinajstić information content (AvgIpc) is 2.48. The van der Waals surface area contributed by atoms with Crippen molar-refractivity contribution >= 4 is 23.6 Å². The molecule has 108 valence electrons. The highest BCUT2D eigenvalue weighted by molar-refractivity contribution is 8.00. The smallest absolute Gasteiger partial charge is 0.326 e. The van der Waals surface area contributed by atoms with Gasteiger partial charge in [0, 0.05) is 6.42 Å². The average molecular weight is 293 g/mol. The van der Waals surface area contributed by atoms with Crippen molar-refractivity contribution in [3.63, 3.8) is 0 Å². The zero-order chi connectivity index (χ0) is 14.4. The Labute approximate surface area is 123 Å². The van der Waals surface area contributed by atoms with Gasteiger partial charge in [-0.15, -0.1) is 11.8 Å². The predicted molar refractivity (Wildman–Crippen MR) is 79.8 cm³/mol. The Morgan fingerprint density at radius 3 is 2.65 bits per heavy atom. The number of benzene rings is 1. The van der Waals surface area contributed by atoms with E-state index in [0.717, 1.165) is 30.6 Å². The van der Waals surface area contributed by atoms with Crippen LogP contribution in [0.25, 0.3) is 0 Å². The van der Waals surface area contributed by atoms with Crippen LogP contribution in [0.15, 0.2) is 30.3 Å². The van der Waals surface area contributed by atoms with E-state index >= 15 is 0 Å². The molecule has 1 amide bonds. The van der Waals surface area contributed by atoms with Crippen LogP contribution in [0.5, 0.6) is 0 Å². The van der Waals surface area contributed by atoms with Gasteiger partial charge in [-0.25, -0.2) is 4.79 Å². The van der Waals surface area contributed by atoms with Crippen molar-refractivity contribution in [3.05, 3.63) is 35.9 Å². The summed E-state index contributed by atoms with van der Waals surface area (Å²) in [6, 6.07) is 8.51. The summed E-state index contributed by atoms with van der Waals surface area (Å²) in [4.78, 5) is 23.4. The van der Waals surface area contributed by atoms with E-state index in [4.69, 9.17) is 0 Å². The predicted octanol–water partition coefficient (Wildman–Crippen LogP) is 2.08. The van der Waals surface area contributed by atoms with Gasteiger partial charge in [0.2, 0.25) is 5.91 Å². The molecule has 20 heavy (non-hydrogen) atoms. The number of carboxylic acids is 1. The lowest BCUT2D eigenvalue weighted by molar-refractivity contribution is -0.141. The maximum absolute atomic E-state index is 12.1. The zero-order valence-electron chi connectivity index (χ0n) is 11.2. The van der Waals surface area contributed by atoms with Crippen molar-refractivity contribution in [1.82, 2.24) is 5.32 Å². The molecule has 2 unspecified atom stereocenters. The van der Waals surface area contributed by atoms with Crippen LogP contribution in [0.1, 0.15) is 24.8 Å². The molecule has 0 bridgehead atoms. The summed E-state index contributed by atoms with van der Waals surface area (Å²) >= 11 is 1.63. The molecule has 1 aliphatic heterocycles. The summed E-state index contributed by atoms with van der Waals surface area (Å²) in [5.41, 5.74) is 0.913. The topological polar surface area (TPSA) is 66.4 Å². The molecule has 4 nitrogen and oxygen atoms in total. The lowest BCUT2D eigenvalue weighted by atomic mass is 10.1. The first-order chi connectivity index (χ1) is 9.66. The molecule has 5 heteroatoms. The lowest BCUT2D eigenvalue weighted by Crippen LogP contribution is -2.46. The standard InChI is InChI=1S/C15H19NO3S/c17-14(13-8-4-5-9-20-13)16-12(15(18)19)10-11-6-2-1-3-7-11/h1-3,6-7,12-13H,4-5,8-10H2,(H,16,17)(H,18,19). The Morgan fingerprint density at radius 1 is 1.30 bits per heavy atom. The van der Waals surface area contributed by atoms with Gasteiger partial charge >= 0.3 is 5.97 Å². The fraction of sp³-hybridized carbons (Fsp3) is 0.467. The number of carboxylic acid groups (broad SMARTS) is 1. The minimum Gasteiger partial charge on any atom is -0.480 e. The highest BCUT2D eigenvalue weighted by Crippen LogP contribution is 2.25. The van der Waals surface area contributed by atoms with Gasteiger partial charge in [-0.1, -0.05) is 36.8 Å². The molecule has 2 N–H and O–H groups in total. The quantitative estimate of drug-likeness (QED) is 0.872. The van der Waals surface area contributed by atoms with E-state index in [0.29, 0.717) is 6.42 Å². The molecule has 1 saturated heterocycles. The Bertz CT molecular complexity index is 457. The third kappa shape index (κ3) is 4.27. The second-order valence-electron chi connectivity index (χ2n) is 4.94. The fourth-order valence-corrected chi connectivity index (χ4v) is 3.47. The number of thioether (sulfide) groups is 1. The third-order valence-corrected chi connectivity index (χ3v) is 4.75. The van der Waals surface area contributed by atoms with E-state index < -0.39 is 12.0 Å². The van der Waals surface area contributed by atoms with Crippen LogP contribution < -0.4 is 5.32 Å². The van der Waals surface area contributed by atoms with Crippen molar-refractivity contribution < 1.29 is 14.7 Å². The summed E-state index contributed by atoms with van der Waals surface area (Å²) < 4.78 is 0. The van der Waals surface area contributed by atoms with Gasteiger partial charge in [0.1, 0.15) is 6.04 Å². The van der Waals surface area contributed by atoms with Gasteiger partial charge in [-0.2, -0.15) is 0 Å². The van der Waals surface area contributed by atoms with E-state index in [1.165, 1.54) is 0 Å². The molecule has 1 aliphatic rings. The van der Waals surface area contributed by atoms with Crippen molar-refractivity contribution in [2.45, 2.75) is 37.0 Å². The summed E-state index contributed by atoms with van der Waals surface area (Å²) in [5.74, 6) is -0.143. The van der Waals surface area contributed by atoms with Gasteiger partial charge in [0.15, 0.2) is 0 Å². The number of carbonyl (C=O) groups excluding carboxylic acids is 1. The molecule has 0 aliphatic carbocycles. The van der Waals surface area contributed by atoms with Crippen LogP contribution in [0.3, 0.4) is 0 Å². The van der Waals surface area contributed by atoms with Crippen LogP contribution in [-0.2, 0) is 16.0 Å². The molecule has 2 rings (SSSR count). The van der Waals surface area contributed by atoms with Crippen LogP contribution in [0.4, 0.5) is 0 Å². The summed E-state index contributed by atoms with van der Waals surface area (Å²) in [7, 11) is 0. The van der Waals surface area contributed by atoms with Gasteiger partial charge in [0.25, 0.3) is 0 Å². The molecule has 1 aromatic rings. The normalized spacial score (nSPS) is 20.1. The Balaban J connectivity index is 1.95. The summed E-state index contributed by atoms with van der Waals surface area (Å²) in [6.07, 6.45) is 3.34. The number of rotatable bonds is 5. The molecule has 0 radical (unpaired) electrons. The number of amides is 1. The van der Waals surface area contributed by atoms with E-state index in [1.807, 2.05) is 30.3 Å². The van der Waals surface area contributed by atoms with Crippen molar-refractivity contribution in [2.24, 2.45) is 0 Å². The molecule has 0 spiro atoms. The van der Waals surface area contributed by atoms with Crippen LogP contribution in [0.2, 0.25) is 0 Å². The number of nitrogens with one attached hydrogen (secondary N) is 1. The maximum atomic E-state index is 12.1. The second-order valence-corrected chi connectivity index (χ2v) is 6.25. The number of hydrogen-bond acceptors (Lipinski definition) is 3. The first kappa shape index (κ1) is 14.9. The minimum atomic E-state index is -0.983. The molecule has 0 aromatic heterocycles. The number of hydrogen-bond donors (Lipinski definition) is 2. The molecular weight excluding hydrogens is 274 g/mol. The first-order valence-corrected chi connectivity index (χ1v) is 7.90. The van der Waals surface area contributed by atoms with E-state index in [9.17, 15) is 14.7 Å². The molecule has 1 aromatic carbocycles.